The van der Waals surface area contributed by atoms with Crippen LogP contribution < -0.4 is 21.5 Å². The van der Waals surface area contributed by atoms with Crippen molar-refractivity contribution in [3.05, 3.63) is 139 Å². The van der Waals surface area contributed by atoms with Crippen LogP contribution in [0.4, 0.5) is 33.3 Å². The number of aromatic amines is 2. The number of aryl methyl sites for hydroxylation is 1. The van der Waals surface area contributed by atoms with Gasteiger partial charge in [0.1, 0.15) is 34.3 Å². The fourth-order valence-corrected chi connectivity index (χ4v) is 5.60. The Bertz CT molecular complexity index is 2560. The van der Waals surface area contributed by atoms with E-state index in [9.17, 15) is 51.3 Å². The lowest BCUT2D eigenvalue weighted by molar-refractivity contribution is -0.138. The maximum atomic E-state index is 13.5. The number of hydrogen-bond donors (Lipinski definition) is 6. The molecule has 15 heteroatoms. The van der Waals surface area contributed by atoms with Crippen LogP contribution >= 0.6 is 0 Å². The third kappa shape index (κ3) is 8.25. The number of benzene rings is 4. The van der Waals surface area contributed by atoms with Gasteiger partial charge in [0.2, 0.25) is 10.9 Å². The summed E-state index contributed by atoms with van der Waals surface area (Å²) in [7, 11) is 0. The summed E-state index contributed by atoms with van der Waals surface area (Å²) in [6.45, 7) is 7.93. The van der Waals surface area contributed by atoms with Gasteiger partial charge in [0.15, 0.2) is 0 Å². The van der Waals surface area contributed by atoms with Gasteiger partial charge in [-0.3, -0.25) is 19.2 Å². The molecule has 0 aliphatic carbocycles. The highest BCUT2D eigenvalue weighted by Gasteiger charge is 2.34. The Kier molecular flexibility index (Phi) is 10.6. The molecule has 0 atom stereocenters. The van der Waals surface area contributed by atoms with E-state index in [-0.39, 0.29) is 38.8 Å². The largest absolute Gasteiger partial charge is 0.508 e. The number of halogens is 5. The molecule has 6 N–H and O–H groups in total. The molecule has 0 bridgehead atoms. The van der Waals surface area contributed by atoms with Gasteiger partial charge in [0.05, 0.1) is 5.56 Å². The van der Waals surface area contributed by atoms with Gasteiger partial charge in [-0.05, 0) is 77.6 Å². The summed E-state index contributed by atoms with van der Waals surface area (Å²) >= 11 is 0. The first-order chi connectivity index (χ1) is 25.3. The second kappa shape index (κ2) is 14.8. The number of pyridine rings is 2. The number of hydrogen-bond acceptors (Lipinski definition) is 6. The number of aromatic hydroxyl groups is 2. The molecule has 2 amide bonds. The van der Waals surface area contributed by atoms with E-state index in [0.29, 0.717) is 29.2 Å². The van der Waals surface area contributed by atoms with E-state index < -0.39 is 51.8 Å². The molecule has 0 unspecified atom stereocenters. The fraction of sp³-hybridized carbons (Fsp3) is 0.179. The van der Waals surface area contributed by atoms with Crippen LogP contribution in [0.1, 0.15) is 65.1 Å². The average Bonchev–Trinajstić information content (AvgIpc) is 3.08. The summed E-state index contributed by atoms with van der Waals surface area (Å²) in [5, 5.41) is 24.8. The number of rotatable bonds is 5. The van der Waals surface area contributed by atoms with Crippen LogP contribution in [0, 0.1) is 11.6 Å². The lowest BCUT2D eigenvalue weighted by atomic mass is 9.84. The molecule has 6 rings (SSSR count). The number of carbonyl (C=O) groups is 2. The second-order valence-electron chi connectivity index (χ2n) is 13.2. The van der Waals surface area contributed by atoms with Gasteiger partial charge in [-0.2, -0.15) is 13.2 Å². The predicted octanol–water partition coefficient (Wildman–Crippen LogP) is 8.13. The summed E-state index contributed by atoms with van der Waals surface area (Å²) in [5.74, 6) is -3.74. The minimum absolute atomic E-state index is 0.0482. The van der Waals surface area contributed by atoms with Gasteiger partial charge < -0.3 is 30.8 Å². The molecule has 0 fully saturated rings. The molecule has 0 spiro atoms. The highest BCUT2D eigenvalue weighted by atomic mass is 19.4. The Morgan fingerprint density at radius 3 is 1.65 bits per heavy atom. The number of amides is 2. The number of fused-ring (bicyclic) bond motifs is 2. The Hall–Kier alpha value is -6.51. The van der Waals surface area contributed by atoms with Gasteiger partial charge in [-0.1, -0.05) is 27.7 Å². The van der Waals surface area contributed by atoms with Crippen molar-refractivity contribution >= 4 is 45.0 Å². The molecule has 0 saturated carbocycles. The monoisotopic (exact) mass is 748 g/mol. The summed E-state index contributed by atoms with van der Waals surface area (Å²) < 4.78 is 64.6. The number of alkyl halides is 3. The van der Waals surface area contributed by atoms with Gasteiger partial charge in [-0.15, -0.1) is 0 Å². The molecule has 6 aromatic rings. The van der Waals surface area contributed by atoms with Gasteiger partial charge in [0, 0.05) is 57.7 Å². The van der Waals surface area contributed by atoms with E-state index in [0.717, 1.165) is 47.7 Å². The number of carbonyl (C=O) groups excluding carboxylic acids is 2. The normalized spacial score (nSPS) is 11.6. The number of aromatic nitrogens is 2. The molecule has 0 aliphatic heterocycles. The van der Waals surface area contributed by atoms with Crippen LogP contribution in [0.2, 0.25) is 0 Å². The molecule has 2 heterocycles. The highest BCUT2D eigenvalue weighted by molar-refractivity contribution is 6.06. The quantitative estimate of drug-likeness (QED) is 0.0975. The lowest BCUT2D eigenvalue weighted by Crippen LogP contribution is -2.23. The SMILES string of the molecule is CCc1cc(C(C)(C)C)c(O)cc1NC(=O)c1c[nH]c2ccc(F)cc2c1=O.O=C(Nc1ccc(C(F)(F)F)c(O)c1)c1c[nH]c2ccc(F)cc2c1=O. The Morgan fingerprint density at radius 1 is 0.685 bits per heavy atom. The van der Waals surface area contributed by atoms with E-state index in [2.05, 4.69) is 20.6 Å². The van der Waals surface area contributed by atoms with Crippen molar-refractivity contribution in [3.8, 4) is 11.5 Å². The van der Waals surface area contributed by atoms with Crippen molar-refractivity contribution in [3.63, 3.8) is 0 Å². The third-order valence-electron chi connectivity index (χ3n) is 8.39. The molecule has 280 valence electrons. The number of phenolic OH excluding ortho intramolecular Hbond substituents is 2. The summed E-state index contributed by atoms with van der Waals surface area (Å²) in [6, 6.07) is 12.9. The number of anilines is 2. The van der Waals surface area contributed by atoms with Crippen molar-refractivity contribution in [1.29, 1.82) is 0 Å². The Morgan fingerprint density at radius 2 is 1.19 bits per heavy atom. The van der Waals surface area contributed by atoms with Crippen molar-refractivity contribution < 1.29 is 41.8 Å². The molecule has 4 aromatic carbocycles. The maximum Gasteiger partial charge on any atom is 0.419 e. The average molecular weight is 749 g/mol. The van der Waals surface area contributed by atoms with Gasteiger partial charge >= 0.3 is 6.18 Å². The van der Waals surface area contributed by atoms with Crippen molar-refractivity contribution in [1.82, 2.24) is 9.97 Å². The first kappa shape index (κ1) is 38.7. The Balaban J connectivity index is 0.000000208. The van der Waals surface area contributed by atoms with Gasteiger partial charge in [-0.25, -0.2) is 8.78 Å². The fourth-order valence-electron chi connectivity index (χ4n) is 5.60. The van der Waals surface area contributed by atoms with Crippen molar-refractivity contribution in [2.24, 2.45) is 0 Å². The molecule has 2 aromatic heterocycles. The minimum atomic E-state index is -4.74. The smallest absolute Gasteiger partial charge is 0.419 e. The third-order valence-corrected chi connectivity index (χ3v) is 8.39. The molecule has 0 aliphatic rings. The zero-order chi connectivity index (χ0) is 39.7. The van der Waals surface area contributed by atoms with Crippen molar-refractivity contribution in [2.45, 2.75) is 45.7 Å². The first-order valence-corrected chi connectivity index (χ1v) is 16.3. The summed E-state index contributed by atoms with van der Waals surface area (Å²) in [6.07, 6.45) is -1.68. The highest BCUT2D eigenvalue weighted by Crippen LogP contribution is 2.37. The van der Waals surface area contributed by atoms with Crippen LogP contribution in [0.15, 0.2) is 88.7 Å². The van der Waals surface area contributed by atoms with E-state index in [1.165, 1.54) is 30.5 Å². The van der Waals surface area contributed by atoms with Crippen LogP contribution in [0.5, 0.6) is 11.5 Å². The maximum absolute atomic E-state index is 13.5. The Labute approximate surface area is 303 Å². The second-order valence-corrected chi connectivity index (χ2v) is 13.2. The molecule has 10 nitrogen and oxygen atoms in total. The summed E-state index contributed by atoms with van der Waals surface area (Å²) in [5.41, 5.74) is -0.597. The predicted molar refractivity (Wildman–Crippen MR) is 194 cm³/mol. The molecular weight excluding hydrogens is 715 g/mol. The number of nitrogens with one attached hydrogen (secondary N) is 4. The minimum Gasteiger partial charge on any atom is -0.508 e. The zero-order valence-electron chi connectivity index (χ0n) is 29.1. The van der Waals surface area contributed by atoms with Crippen LogP contribution in [0.3, 0.4) is 0 Å². The molecular formula is C39H33F5N4O6. The van der Waals surface area contributed by atoms with Crippen LogP contribution in [-0.4, -0.2) is 32.0 Å². The van der Waals surface area contributed by atoms with Gasteiger partial charge in [0.25, 0.3) is 11.8 Å². The zero-order valence-corrected chi connectivity index (χ0v) is 29.1. The lowest BCUT2D eigenvalue weighted by Gasteiger charge is -2.23. The number of H-pyrrole nitrogens is 2. The van der Waals surface area contributed by atoms with E-state index in [4.69, 9.17) is 0 Å². The summed E-state index contributed by atoms with van der Waals surface area (Å²) in [4.78, 5) is 55.4. The van der Waals surface area contributed by atoms with E-state index in [1.54, 1.807) is 0 Å². The van der Waals surface area contributed by atoms with Crippen molar-refractivity contribution in [2.75, 3.05) is 10.6 Å². The molecule has 0 saturated heterocycles. The molecule has 54 heavy (non-hydrogen) atoms. The first-order valence-electron chi connectivity index (χ1n) is 16.3. The topological polar surface area (TPSA) is 164 Å². The van der Waals surface area contributed by atoms with E-state index >= 15 is 0 Å². The van der Waals surface area contributed by atoms with Crippen LogP contribution in [-0.2, 0) is 18.0 Å². The number of phenols is 2. The van der Waals surface area contributed by atoms with Crippen LogP contribution in [0.25, 0.3) is 21.8 Å². The standard InChI is InChI=1S/C22H23FN2O3.C17H10F4N2O3/c1-5-12-8-16(22(2,3)4)19(26)10-18(12)25-21(28)15-11-24-17-7-6-13(23)9-14(17)20(15)27;18-8-1-4-13-10(5-8)15(25)11(7-22-13)16(26)23-9-2-3-12(14(24)6-9)17(19,20)21/h6-11,26H,5H2,1-4H3,(H,24,27)(H,25,28);1-7,24H,(H,22,25)(H,23,26). The van der Waals surface area contributed by atoms with E-state index in [1.807, 2.05) is 33.8 Å². The molecule has 0 radical (unpaired) electrons.